The van der Waals surface area contributed by atoms with Crippen LogP contribution in [0, 0.1) is 11.8 Å². The van der Waals surface area contributed by atoms with Crippen LogP contribution in [0.1, 0.15) is 6.42 Å². The van der Waals surface area contributed by atoms with Gasteiger partial charge in [-0.15, -0.1) is 12.4 Å². The molecular weight excluding hydrogens is 408 g/mol. The van der Waals surface area contributed by atoms with Gasteiger partial charge in [-0.05, 0) is 30.0 Å². The van der Waals surface area contributed by atoms with E-state index in [0.717, 1.165) is 30.7 Å². The lowest BCUT2D eigenvalue weighted by molar-refractivity contribution is -0.130. The van der Waals surface area contributed by atoms with Gasteiger partial charge in [-0.3, -0.25) is 14.2 Å². The highest BCUT2D eigenvalue weighted by atomic mass is 79.9. The van der Waals surface area contributed by atoms with Gasteiger partial charge in [0.1, 0.15) is 0 Å². The molecule has 4 rings (SSSR count). The van der Waals surface area contributed by atoms with Crippen molar-refractivity contribution < 1.29 is 4.79 Å². The molecule has 1 aromatic carbocycles. The van der Waals surface area contributed by atoms with Crippen molar-refractivity contribution in [3.8, 4) is 0 Å². The SMILES string of the molecule is Cl.O=C(CCn1cnc2ccc(Br)cc2c1=O)N1C[C@H]2CNC[C@H]2C1. The number of rotatable bonds is 3. The summed E-state index contributed by atoms with van der Waals surface area (Å²) in [5.41, 5.74) is 0.572. The minimum Gasteiger partial charge on any atom is -0.342 e. The van der Waals surface area contributed by atoms with E-state index in [-0.39, 0.29) is 23.9 Å². The second-order valence-corrected chi connectivity index (χ2v) is 7.55. The molecule has 25 heavy (non-hydrogen) atoms. The first-order valence-corrected chi connectivity index (χ1v) is 9.04. The molecule has 3 heterocycles. The normalized spacial score (nSPS) is 22.0. The third-order valence-electron chi connectivity index (χ3n) is 5.09. The Morgan fingerprint density at radius 3 is 2.72 bits per heavy atom. The van der Waals surface area contributed by atoms with Crippen molar-refractivity contribution in [2.24, 2.45) is 11.8 Å². The summed E-state index contributed by atoms with van der Waals surface area (Å²) < 4.78 is 2.38. The number of carbonyl (C=O) groups is 1. The molecule has 1 amide bonds. The molecule has 134 valence electrons. The van der Waals surface area contributed by atoms with Gasteiger partial charge >= 0.3 is 0 Å². The first-order valence-electron chi connectivity index (χ1n) is 8.25. The maximum atomic E-state index is 12.5. The van der Waals surface area contributed by atoms with Gasteiger partial charge in [0, 0.05) is 43.6 Å². The first kappa shape index (κ1) is 18.4. The van der Waals surface area contributed by atoms with Gasteiger partial charge in [0.2, 0.25) is 5.91 Å². The van der Waals surface area contributed by atoms with Crippen LogP contribution in [0.2, 0.25) is 0 Å². The molecule has 6 nitrogen and oxygen atoms in total. The lowest BCUT2D eigenvalue weighted by Gasteiger charge is -2.17. The van der Waals surface area contributed by atoms with E-state index in [1.807, 2.05) is 17.0 Å². The van der Waals surface area contributed by atoms with Gasteiger partial charge in [-0.1, -0.05) is 15.9 Å². The summed E-state index contributed by atoms with van der Waals surface area (Å²) in [7, 11) is 0. The van der Waals surface area contributed by atoms with E-state index in [2.05, 4.69) is 26.2 Å². The second-order valence-electron chi connectivity index (χ2n) is 6.63. The highest BCUT2D eigenvalue weighted by molar-refractivity contribution is 9.10. The van der Waals surface area contributed by atoms with Crippen molar-refractivity contribution >= 4 is 45.1 Å². The number of aromatic nitrogens is 2. The average molecular weight is 428 g/mol. The van der Waals surface area contributed by atoms with Gasteiger partial charge in [0.15, 0.2) is 0 Å². The van der Waals surface area contributed by atoms with Gasteiger partial charge in [0.05, 0.1) is 17.2 Å². The fourth-order valence-corrected chi connectivity index (χ4v) is 4.08. The number of aryl methyl sites for hydroxylation is 1. The number of amides is 1. The standard InChI is InChI=1S/C17H19BrN4O2.ClH/c18-13-1-2-15-14(5-13)17(24)21(10-20-15)4-3-16(23)22-8-11-6-19-7-12(11)9-22;/h1-2,5,10-12,19H,3-4,6-9H2;1H/t11-,12+;. The number of halogens is 2. The first-order chi connectivity index (χ1) is 11.6. The number of nitrogens with one attached hydrogen (secondary N) is 1. The van der Waals surface area contributed by atoms with E-state index in [9.17, 15) is 9.59 Å². The predicted octanol–water partition coefficient (Wildman–Crippen LogP) is 1.65. The summed E-state index contributed by atoms with van der Waals surface area (Å²) in [4.78, 5) is 31.2. The Labute approximate surface area is 160 Å². The molecule has 2 aromatic rings. The quantitative estimate of drug-likeness (QED) is 0.809. The van der Waals surface area contributed by atoms with Crippen LogP contribution >= 0.6 is 28.3 Å². The average Bonchev–Trinajstić information content (AvgIpc) is 3.16. The molecule has 2 aliphatic rings. The summed E-state index contributed by atoms with van der Waals surface area (Å²) in [6.45, 7) is 4.08. The number of fused-ring (bicyclic) bond motifs is 2. The van der Waals surface area contributed by atoms with E-state index in [0.29, 0.717) is 35.7 Å². The van der Waals surface area contributed by atoms with E-state index < -0.39 is 0 Å². The van der Waals surface area contributed by atoms with Crippen LogP contribution in [0.4, 0.5) is 0 Å². The van der Waals surface area contributed by atoms with E-state index in [1.165, 1.54) is 10.9 Å². The second kappa shape index (κ2) is 7.43. The lowest BCUT2D eigenvalue weighted by Crippen LogP contribution is -2.33. The van der Waals surface area contributed by atoms with E-state index in [4.69, 9.17) is 0 Å². The van der Waals surface area contributed by atoms with Crippen LogP contribution in [0.15, 0.2) is 33.8 Å². The number of benzene rings is 1. The fourth-order valence-electron chi connectivity index (χ4n) is 3.72. The molecule has 2 atom stereocenters. The zero-order valence-corrected chi connectivity index (χ0v) is 16.1. The molecule has 8 heteroatoms. The molecule has 0 aliphatic carbocycles. The highest BCUT2D eigenvalue weighted by Gasteiger charge is 2.37. The van der Waals surface area contributed by atoms with Gasteiger partial charge in [-0.2, -0.15) is 0 Å². The van der Waals surface area contributed by atoms with Crippen LogP contribution in [0.5, 0.6) is 0 Å². The highest BCUT2D eigenvalue weighted by Crippen LogP contribution is 2.26. The van der Waals surface area contributed by atoms with Gasteiger partial charge < -0.3 is 10.2 Å². The molecule has 2 aliphatic heterocycles. The van der Waals surface area contributed by atoms with Crippen LogP contribution in [0.3, 0.4) is 0 Å². The topological polar surface area (TPSA) is 67.2 Å². The molecule has 1 aromatic heterocycles. The zero-order valence-electron chi connectivity index (χ0n) is 13.7. The predicted molar refractivity (Wildman–Crippen MR) is 102 cm³/mol. The Balaban J connectivity index is 0.00000182. The maximum Gasteiger partial charge on any atom is 0.261 e. The summed E-state index contributed by atoms with van der Waals surface area (Å²) in [6, 6.07) is 5.45. The lowest BCUT2D eigenvalue weighted by atomic mass is 10.0. The minimum atomic E-state index is -0.100. The summed E-state index contributed by atoms with van der Waals surface area (Å²) >= 11 is 3.38. The Morgan fingerprint density at radius 1 is 1.28 bits per heavy atom. The largest absolute Gasteiger partial charge is 0.342 e. The molecule has 0 unspecified atom stereocenters. The Bertz CT molecular complexity index is 844. The monoisotopic (exact) mass is 426 g/mol. The number of nitrogens with zero attached hydrogens (tertiary/aromatic N) is 3. The van der Waals surface area contributed by atoms with Crippen LogP contribution in [0.25, 0.3) is 10.9 Å². The third kappa shape index (κ3) is 3.59. The van der Waals surface area contributed by atoms with E-state index >= 15 is 0 Å². The molecule has 2 fully saturated rings. The number of likely N-dealkylation sites (tertiary alicyclic amines) is 1. The molecule has 0 saturated carbocycles. The fraction of sp³-hybridized carbons (Fsp3) is 0.471. The Morgan fingerprint density at radius 2 is 2.00 bits per heavy atom. The smallest absolute Gasteiger partial charge is 0.261 e. The van der Waals surface area contributed by atoms with Crippen LogP contribution in [-0.2, 0) is 11.3 Å². The zero-order chi connectivity index (χ0) is 16.7. The number of hydrogen-bond acceptors (Lipinski definition) is 4. The van der Waals surface area contributed by atoms with Crippen molar-refractivity contribution in [1.82, 2.24) is 19.8 Å². The third-order valence-corrected chi connectivity index (χ3v) is 5.59. The Kier molecular flexibility index (Phi) is 5.46. The van der Waals surface area contributed by atoms with Gasteiger partial charge in [-0.25, -0.2) is 4.98 Å². The van der Waals surface area contributed by atoms with Gasteiger partial charge in [0.25, 0.3) is 5.56 Å². The summed E-state index contributed by atoms with van der Waals surface area (Å²) in [5.74, 6) is 1.32. The van der Waals surface area contributed by atoms with Crippen LogP contribution < -0.4 is 10.9 Å². The number of carbonyl (C=O) groups excluding carboxylic acids is 1. The van der Waals surface area contributed by atoms with Crippen molar-refractivity contribution in [1.29, 1.82) is 0 Å². The minimum absolute atomic E-state index is 0. The van der Waals surface area contributed by atoms with E-state index in [1.54, 1.807) is 6.07 Å². The number of hydrogen-bond donors (Lipinski definition) is 1. The molecule has 0 radical (unpaired) electrons. The van der Waals surface area contributed by atoms with Crippen molar-refractivity contribution in [3.05, 3.63) is 39.4 Å². The molecular formula is C17H20BrClN4O2. The van der Waals surface area contributed by atoms with Crippen molar-refractivity contribution in [2.45, 2.75) is 13.0 Å². The van der Waals surface area contributed by atoms with Crippen LogP contribution in [-0.4, -0.2) is 46.5 Å². The molecule has 1 N–H and O–H groups in total. The summed E-state index contributed by atoms with van der Waals surface area (Å²) in [5, 5.41) is 3.95. The molecule has 0 bridgehead atoms. The maximum absolute atomic E-state index is 12.5. The molecule has 0 spiro atoms. The van der Waals surface area contributed by atoms with Crippen molar-refractivity contribution in [3.63, 3.8) is 0 Å². The summed E-state index contributed by atoms with van der Waals surface area (Å²) in [6.07, 6.45) is 1.88. The van der Waals surface area contributed by atoms with Crippen molar-refractivity contribution in [2.75, 3.05) is 26.2 Å². The Hall–Kier alpha value is -1.44. The molecule has 2 saturated heterocycles.